The Morgan fingerprint density at radius 1 is 1.62 bits per heavy atom. The van der Waals surface area contributed by atoms with Crippen LogP contribution in [0.25, 0.3) is 0 Å². The lowest BCUT2D eigenvalue weighted by Crippen LogP contribution is -2.40. The summed E-state index contributed by atoms with van der Waals surface area (Å²) in [5.41, 5.74) is 4.91. The molecular formula is C7H12N2O4. The van der Waals surface area contributed by atoms with Gasteiger partial charge in [-0.3, -0.25) is 0 Å². The van der Waals surface area contributed by atoms with E-state index >= 15 is 0 Å². The van der Waals surface area contributed by atoms with Gasteiger partial charge < -0.3 is 26.0 Å². The van der Waals surface area contributed by atoms with Gasteiger partial charge >= 0.3 is 6.03 Å². The van der Waals surface area contributed by atoms with Crippen LogP contribution < -0.4 is 11.1 Å². The summed E-state index contributed by atoms with van der Waals surface area (Å²) in [4.78, 5) is 10.5. The SMILES string of the molecule is NC(=O)N[C@H]1C2O[C@@H](CO)C(O)C21. The smallest absolute Gasteiger partial charge is 0.312 e. The highest BCUT2D eigenvalue weighted by Gasteiger charge is 2.63. The van der Waals surface area contributed by atoms with Crippen LogP contribution in [0.2, 0.25) is 0 Å². The summed E-state index contributed by atoms with van der Waals surface area (Å²) in [5, 5.41) is 20.7. The van der Waals surface area contributed by atoms with Gasteiger partial charge in [-0.25, -0.2) is 4.79 Å². The van der Waals surface area contributed by atoms with Crippen molar-refractivity contribution >= 4 is 6.03 Å². The number of aliphatic hydroxyl groups excluding tert-OH is 2. The summed E-state index contributed by atoms with van der Waals surface area (Å²) >= 11 is 0. The van der Waals surface area contributed by atoms with Crippen molar-refractivity contribution in [3.8, 4) is 0 Å². The van der Waals surface area contributed by atoms with Crippen LogP contribution >= 0.6 is 0 Å². The van der Waals surface area contributed by atoms with E-state index in [1.807, 2.05) is 0 Å². The highest BCUT2D eigenvalue weighted by Crippen LogP contribution is 2.45. The Balaban J connectivity index is 1.90. The highest BCUT2D eigenvalue weighted by atomic mass is 16.5. The molecule has 1 aliphatic carbocycles. The number of hydrogen-bond acceptors (Lipinski definition) is 4. The van der Waals surface area contributed by atoms with E-state index in [4.69, 9.17) is 15.6 Å². The number of fused-ring (bicyclic) bond motifs is 1. The number of aliphatic hydroxyl groups is 2. The molecule has 5 atom stereocenters. The van der Waals surface area contributed by atoms with Crippen LogP contribution in [-0.4, -0.2) is 47.2 Å². The van der Waals surface area contributed by atoms with Gasteiger partial charge in [0.25, 0.3) is 0 Å². The van der Waals surface area contributed by atoms with E-state index in [2.05, 4.69) is 5.32 Å². The third-order valence-corrected chi connectivity index (χ3v) is 2.60. The van der Waals surface area contributed by atoms with Gasteiger partial charge in [0.15, 0.2) is 0 Å². The second kappa shape index (κ2) is 2.83. The maximum Gasteiger partial charge on any atom is 0.312 e. The van der Waals surface area contributed by atoms with Crippen molar-refractivity contribution in [3.63, 3.8) is 0 Å². The first-order valence-electron chi connectivity index (χ1n) is 4.15. The number of rotatable bonds is 2. The molecule has 0 aromatic carbocycles. The first-order valence-corrected chi connectivity index (χ1v) is 4.15. The Morgan fingerprint density at radius 2 is 2.31 bits per heavy atom. The number of ether oxygens (including phenoxy) is 1. The quantitative estimate of drug-likeness (QED) is 0.393. The minimum Gasteiger partial charge on any atom is -0.394 e. The standard InChI is InChI=1S/C7H12N2O4/c8-7(12)9-4-3-5(11)2(1-10)13-6(3)4/h2-6,10-11H,1H2,(H3,8,9,12)/t2-,3?,4+,5?,6?/m0/s1. The van der Waals surface area contributed by atoms with E-state index < -0.39 is 18.2 Å². The van der Waals surface area contributed by atoms with Gasteiger partial charge in [-0.1, -0.05) is 0 Å². The molecule has 6 heteroatoms. The molecule has 6 nitrogen and oxygen atoms in total. The Kier molecular flexibility index (Phi) is 1.90. The molecule has 1 aliphatic heterocycles. The zero-order valence-electron chi connectivity index (χ0n) is 6.88. The number of nitrogens with two attached hydrogens (primary N) is 1. The number of carbonyl (C=O) groups excluding carboxylic acids is 1. The van der Waals surface area contributed by atoms with Crippen LogP contribution in [0.3, 0.4) is 0 Å². The average Bonchev–Trinajstić information content (AvgIpc) is 2.59. The molecule has 2 rings (SSSR count). The molecule has 2 amide bonds. The van der Waals surface area contributed by atoms with Crippen LogP contribution in [-0.2, 0) is 4.74 Å². The first-order chi connectivity index (χ1) is 6.15. The van der Waals surface area contributed by atoms with Gasteiger partial charge in [0.05, 0.1) is 24.9 Å². The fourth-order valence-corrected chi connectivity index (χ4v) is 1.91. The van der Waals surface area contributed by atoms with Crippen LogP contribution in [0.1, 0.15) is 0 Å². The highest BCUT2D eigenvalue weighted by molar-refractivity contribution is 5.72. The van der Waals surface area contributed by atoms with Gasteiger partial charge in [0.2, 0.25) is 0 Å². The van der Waals surface area contributed by atoms with E-state index in [0.717, 1.165) is 0 Å². The number of hydrogen-bond donors (Lipinski definition) is 4. The summed E-state index contributed by atoms with van der Waals surface area (Å²) in [5.74, 6) is -0.107. The van der Waals surface area contributed by atoms with Gasteiger partial charge in [0.1, 0.15) is 6.10 Å². The lowest BCUT2D eigenvalue weighted by atomic mass is 10.1. The molecule has 0 aromatic rings. The predicted octanol–water partition coefficient (Wildman–Crippen LogP) is -2.23. The predicted molar refractivity (Wildman–Crippen MR) is 41.8 cm³/mol. The normalized spacial score (nSPS) is 47.1. The lowest BCUT2D eigenvalue weighted by molar-refractivity contribution is -0.0326. The van der Waals surface area contributed by atoms with Crippen molar-refractivity contribution in [1.82, 2.24) is 5.32 Å². The third-order valence-electron chi connectivity index (χ3n) is 2.60. The molecule has 1 heterocycles. The minimum absolute atomic E-state index is 0.107. The lowest BCUT2D eigenvalue weighted by Gasteiger charge is -2.17. The van der Waals surface area contributed by atoms with Crippen molar-refractivity contribution in [2.45, 2.75) is 24.4 Å². The van der Waals surface area contributed by atoms with Crippen LogP contribution in [0.4, 0.5) is 4.79 Å². The Hall–Kier alpha value is -0.850. The largest absolute Gasteiger partial charge is 0.394 e. The molecule has 74 valence electrons. The van der Waals surface area contributed by atoms with Crippen LogP contribution in [0.15, 0.2) is 0 Å². The van der Waals surface area contributed by atoms with Crippen LogP contribution in [0.5, 0.6) is 0 Å². The molecular weight excluding hydrogens is 176 g/mol. The number of amides is 2. The van der Waals surface area contributed by atoms with Gasteiger partial charge in [-0.05, 0) is 0 Å². The van der Waals surface area contributed by atoms with E-state index in [9.17, 15) is 9.90 Å². The number of primary amides is 1. The van der Waals surface area contributed by atoms with Crippen molar-refractivity contribution in [2.24, 2.45) is 11.7 Å². The molecule has 0 spiro atoms. The minimum atomic E-state index is -0.702. The molecule has 1 saturated heterocycles. The summed E-state index contributed by atoms with van der Waals surface area (Å²) in [7, 11) is 0. The summed E-state index contributed by atoms with van der Waals surface area (Å²) in [6.45, 7) is -0.197. The van der Waals surface area contributed by atoms with Gasteiger partial charge in [-0.2, -0.15) is 0 Å². The number of urea groups is 1. The summed E-state index contributed by atoms with van der Waals surface area (Å²) in [6.07, 6.45) is -1.40. The van der Waals surface area contributed by atoms with E-state index in [0.29, 0.717) is 0 Å². The monoisotopic (exact) mass is 188 g/mol. The Morgan fingerprint density at radius 3 is 2.69 bits per heavy atom. The first kappa shape index (κ1) is 8.74. The number of nitrogens with one attached hydrogen (secondary N) is 1. The van der Waals surface area contributed by atoms with Gasteiger partial charge in [-0.15, -0.1) is 0 Å². The molecule has 2 aliphatic rings. The molecule has 3 unspecified atom stereocenters. The Bertz CT molecular complexity index is 235. The van der Waals surface area contributed by atoms with Crippen molar-refractivity contribution in [1.29, 1.82) is 0 Å². The topological polar surface area (TPSA) is 105 Å². The second-order valence-electron chi connectivity index (χ2n) is 3.42. The molecule has 0 aromatic heterocycles. The molecule has 0 bridgehead atoms. The molecule has 13 heavy (non-hydrogen) atoms. The van der Waals surface area contributed by atoms with E-state index in [1.54, 1.807) is 0 Å². The second-order valence-corrected chi connectivity index (χ2v) is 3.42. The maximum atomic E-state index is 10.5. The molecule has 2 fully saturated rings. The average molecular weight is 188 g/mol. The van der Waals surface area contributed by atoms with E-state index in [-0.39, 0.29) is 24.7 Å². The zero-order valence-corrected chi connectivity index (χ0v) is 6.88. The Labute approximate surface area is 74.7 Å². The molecule has 1 saturated carbocycles. The fourth-order valence-electron chi connectivity index (χ4n) is 1.91. The summed E-state index contributed by atoms with van der Waals surface area (Å²) < 4.78 is 5.24. The maximum absolute atomic E-state index is 10.5. The zero-order chi connectivity index (χ0) is 9.59. The molecule has 0 radical (unpaired) electrons. The van der Waals surface area contributed by atoms with Crippen molar-refractivity contribution < 1.29 is 19.7 Å². The van der Waals surface area contributed by atoms with Crippen molar-refractivity contribution in [2.75, 3.05) is 6.61 Å². The van der Waals surface area contributed by atoms with Gasteiger partial charge in [0, 0.05) is 5.92 Å². The summed E-state index contributed by atoms with van der Waals surface area (Å²) in [6, 6.07) is -0.800. The molecule has 5 N–H and O–H groups in total. The van der Waals surface area contributed by atoms with Crippen LogP contribution in [0, 0.1) is 5.92 Å². The van der Waals surface area contributed by atoms with E-state index in [1.165, 1.54) is 0 Å². The third kappa shape index (κ3) is 1.27. The number of carbonyl (C=O) groups is 1. The fraction of sp³-hybridized carbons (Fsp3) is 0.857. The van der Waals surface area contributed by atoms with Crippen molar-refractivity contribution in [3.05, 3.63) is 0 Å².